The first kappa shape index (κ1) is 8.69. The number of hydrogen-bond donors (Lipinski definition) is 0. The second-order valence-corrected chi connectivity index (χ2v) is 3.44. The number of aromatic nitrogens is 3. The lowest BCUT2D eigenvalue weighted by atomic mass is 10.5. The lowest BCUT2D eigenvalue weighted by molar-refractivity contribution is 0.791. The summed E-state index contributed by atoms with van der Waals surface area (Å²) in [4.78, 5) is 6.33. The summed E-state index contributed by atoms with van der Waals surface area (Å²) in [5, 5.41) is 7.61. The van der Waals surface area contributed by atoms with Gasteiger partial charge in [-0.25, -0.2) is 0 Å². The molecule has 13 heavy (non-hydrogen) atoms. The third kappa shape index (κ3) is 1.88. The maximum absolute atomic E-state index is 5.66. The van der Waals surface area contributed by atoms with Crippen molar-refractivity contribution in [3.8, 4) is 0 Å². The lowest BCUT2D eigenvalue weighted by Crippen LogP contribution is -2.26. The number of hydrogen-bond acceptors (Lipinski definition) is 4. The van der Waals surface area contributed by atoms with Crippen LogP contribution in [0.3, 0.4) is 0 Å². The third-order valence-corrected chi connectivity index (χ3v) is 2.30. The molecule has 4 nitrogen and oxygen atoms in total. The van der Waals surface area contributed by atoms with Gasteiger partial charge in [0, 0.05) is 12.6 Å². The van der Waals surface area contributed by atoms with Crippen LogP contribution in [0.2, 0.25) is 5.28 Å². The van der Waals surface area contributed by atoms with Crippen molar-refractivity contribution in [1.82, 2.24) is 15.2 Å². The normalized spacial score (nSPS) is 15.8. The summed E-state index contributed by atoms with van der Waals surface area (Å²) < 4.78 is 0. The van der Waals surface area contributed by atoms with Gasteiger partial charge in [-0.05, 0) is 31.4 Å². The summed E-state index contributed by atoms with van der Waals surface area (Å²) in [5.74, 6) is 0.838. The van der Waals surface area contributed by atoms with Gasteiger partial charge in [0.25, 0.3) is 0 Å². The minimum atomic E-state index is 0.219. The molecule has 0 bridgehead atoms. The zero-order valence-corrected chi connectivity index (χ0v) is 8.20. The molecule has 2 rings (SSSR count). The second-order valence-electron chi connectivity index (χ2n) is 3.10. The van der Waals surface area contributed by atoms with Gasteiger partial charge < -0.3 is 4.90 Å². The summed E-state index contributed by atoms with van der Waals surface area (Å²) >= 11 is 5.66. The number of nitrogens with zero attached hydrogens (tertiary/aromatic N) is 4. The first-order valence-electron chi connectivity index (χ1n) is 4.43. The van der Waals surface area contributed by atoms with Gasteiger partial charge in [0.1, 0.15) is 0 Å². The molecule has 0 aromatic carbocycles. The molecule has 1 fully saturated rings. The van der Waals surface area contributed by atoms with E-state index in [9.17, 15) is 0 Å². The molecule has 70 valence electrons. The molecule has 0 saturated heterocycles. The molecule has 1 aliphatic carbocycles. The van der Waals surface area contributed by atoms with Gasteiger partial charge in [-0.3, -0.25) is 0 Å². The minimum Gasteiger partial charge on any atom is -0.352 e. The third-order valence-electron chi connectivity index (χ3n) is 2.14. The van der Waals surface area contributed by atoms with Gasteiger partial charge in [-0.1, -0.05) is 0 Å². The van der Waals surface area contributed by atoms with Crippen LogP contribution in [-0.2, 0) is 0 Å². The van der Waals surface area contributed by atoms with Crippen molar-refractivity contribution in [2.24, 2.45) is 0 Å². The van der Waals surface area contributed by atoms with Gasteiger partial charge in [-0.2, -0.15) is 10.1 Å². The average Bonchev–Trinajstić information content (AvgIpc) is 2.90. The van der Waals surface area contributed by atoms with E-state index in [2.05, 4.69) is 27.0 Å². The fourth-order valence-electron chi connectivity index (χ4n) is 1.41. The van der Waals surface area contributed by atoms with Crippen LogP contribution < -0.4 is 4.90 Å². The van der Waals surface area contributed by atoms with E-state index < -0.39 is 0 Å². The van der Waals surface area contributed by atoms with Crippen LogP contribution >= 0.6 is 11.6 Å². The predicted octanol–water partition coefficient (Wildman–Crippen LogP) is 1.51. The Hall–Kier alpha value is -0.900. The summed E-state index contributed by atoms with van der Waals surface area (Å²) in [6.07, 6.45) is 4.15. The Bertz CT molecular complexity index is 300. The van der Waals surface area contributed by atoms with Crippen LogP contribution in [0, 0.1) is 0 Å². The number of rotatable bonds is 3. The van der Waals surface area contributed by atoms with Crippen LogP contribution in [0.1, 0.15) is 19.8 Å². The van der Waals surface area contributed by atoms with Crippen LogP contribution in [0.25, 0.3) is 0 Å². The summed E-state index contributed by atoms with van der Waals surface area (Å²) in [6, 6.07) is 0.637. The fourth-order valence-corrected chi connectivity index (χ4v) is 1.54. The van der Waals surface area contributed by atoms with Crippen molar-refractivity contribution < 1.29 is 0 Å². The van der Waals surface area contributed by atoms with Gasteiger partial charge >= 0.3 is 0 Å². The van der Waals surface area contributed by atoms with Crippen molar-refractivity contribution in [2.75, 3.05) is 11.4 Å². The van der Waals surface area contributed by atoms with Gasteiger partial charge in [0.2, 0.25) is 5.28 Å². The van der Waals surface area contributed by atoms with Gasteiger partial charge in [0.05, 0.1) is 6.20 Å². The van der Waals surface area contributed by atoms with Crippen LogP contribution in [0.5, 0.6) is 0 Å². The molecule has 1 aromatic rings. The topological polar surface area (TPSA) is 41.9 Å². The fraction of sp³-hybridized carbons (Fsp3) is 0.625. The van der Waals surface area contributed by atoms with E-state index in [0.717, 1.165) is 12.4 Å². The van der Waals surface area contributed by atoms with Crippen molar-refractivity contribution >= 4 is 17.4 Å². The molecule has 0 spiro atoms. The molecule has 5 heteroatoms. The predicted molar refractivity (Wildman–Crippen MR) is 50.9 cm³/mol. The molecule has 0 unspecified atom stereocenters. The van der Waals surface area contributed by atoms with Gasteiger partial charge in [0.15, 0.2) is 5.82 Å². The van der Waals surface area contributed by atoms with E-state index >= 15 is 0 Å². The standard InChI is InChI=1S/C8H11ClN4/c1-2-13(6-3-4-6)7-5-10-12-8(9)11-7/h5-6H,2-4H2,1H3. The molecule has 0 atom stereocenters. The SMILES string of the molecule is CCN(c1cnnc(Cl)n1)C1CC1. The molecule has 0 N–H and O–H groups in total. The summed E-state index contributed by atoms with van der Waals surface area (Å²) in [6.45, 7) is 3.05. The zero-order valence-electron chi connectivity index (χ0n) is 7.44. The Labute approximate surface area is 81.9 Å². The Morgan fingerprint density at radius 3 is 2.92 bits per heavy atom. The van der Waals surface area contributed by atoms with E-state index in [0.29, 0.717) is 6.04 Å². The first-order valence-corrected chi connectivity index (χ1v) is 4.81. The molecule has 1 saturated carbocycles. The number of anilines is 1. The van der Waals surface area contributed by atoms with Crippen molar-refractivity contribution in [3.05, 3.63) is 11.5 Å². The molecular weight excluding hydrogens is 188 g/mol. The molecule has 0 radical (unpaired) electrons. The van der Waals surface area contributed by atoms with Crippen LogP contribution in [0.4, 0.5) is 5.82 Å². The average molecular weight is 199 g/mol. The molecule has 0 amide bonds. The molecule has 1 aromatic heterocycles. The van der Waals surface area contributed by atoms with E-state index in [4.69, 9.17) is 11.6 Å². The quantitative estimate of drug-likeness (QED) is 0.739. The Balaban J connectivity index is 2.21. The maximum Gasteiger partial charge on any atom is 0.244 e. The highest BCUT2D eigenvalue weighted by molar-refractivity contribution is 6.28. The molecular formula is C8H11ClN4. The van der Waals surface area contributed by atoms with E-state index in [1.165, 1.54) is 12.8 Å². The lowest BCUT2D eigenvalue weighted by Gasteiger charge is -2.20. The maximum atomic E-state index is 5.66. The summed E-state index contributed by atoms with van der Waals surface area (Å²) in [7, 11) is 0. The van der Waals surface area contributed by atoms with E-state index in [-0.39, 0.29) is 5.28 Å². The van der Waals surface area contributed by atoms with E-state index in [1.54, 1.807) is 6.20 Å². The Kier molecular flexibility index (Phi) is 2.31. The highest BCUT2D eigenvalue weighted by atomic mass is 35.5. The molecule has 0 aliphatic heterocycles. The second kappa shape index (κ2) is 3.46. The smallest absolute Gasteiger partial charge is 0.244 e. The van der Waals surface area contributed by atoms with Crippen molar-refractivity contribution in [1.29, 1.82) is 0 Å². The molecule has 1 aliphatic rings. The van der Waals surface area contributed by atoms with E-state index in [1.807, 2.05) is 0 Å². The van der Waals surface area contributed by atoms with Crippen LogP contribution in [-0.4, -0.2) is 27.8 Å². The first-order chi connectivity index (χ1) is 6.31. The van der Waals surface area contributed by atoms with Crippen molar-refractivity contribution in [3.63, 3.8) is 0 Å². The van der Waals surface area contributed by atoms with Crippen LogP contribution in [0.15, 0.2) is 6.20 Å². The van der Waals surface area contributed by atoms with Gasteiger partial charge in [-0.15, -0.1) is 5.10 Å². The highest BCUT2D eigenvalue weighted by Gasteiger charge is 2.29. The van der Waals surface area contributed by atoms with Crippen molar-refractivity contribution in [2.45, 2.75) is 25.8 Å². The molecule has 1 heterocycles. The Morgan fingerprint density at radius 1 is 1.62 bits per heavy atom. The minimum absolute atomic E-state index is 0.219. The monoisotopic (exact) mass is 198 g/mol. The largest absolute Gasteiger partial charge is 0.352 e. The number of halogens is 1. The Morgan fingerprint density at radius 2 is 2.38 bits per heavy atom. The zero-order chi connectivity index (χ0) is 9.26. The summed E-state index contributed by atoms with van der Waals surface area (Å²) in [5.41, 5.74) is 0. The highest BCUT2D eigenvalue weighted by Crippen LogP contribution is 2.29.